The summed E-state index contributed by atoms with van der Waals surface area (Å²) in [5, 5.41) is 0. The van der Waals surface area contributed by atoms with Gasteiger partial charge in [0.2, 0.25) is 0 Å². The number of nitrogens with zero attached hydrogens (tertiary/aromatic N) is 1. The molecule has 0 spiro atoms. The van der Waals surface area contributed by atoms with Gasteiger partial charge >= 0.3 is 0 Å². The summed E-state index contributed by atoms with van der Waals surface area (Å²) in [4.78, 5) is 4.21. The Balaban J connectivity index is 2.39. The number of fused-ring (bicyclic) bond motifs is 1. The first-order valence-corrected chi connectivity index (χ1v) is 8.27. The second-order valence-electron chi connectivity index (χ2n) is 4.22. The lowest BCUT2D eigenvalue weighted by Gasteiger charge is -2.09. The largest absolute Gasteiger partial charge is 0.330 e. The molecule has 3 aromatic rings. The zero-order valence-electron chi connectivity index (χ0n) is 10.5. The number of halogens is 2. The average Bonchev–Trinajstić information content (AvgIpc) is 2.74. The molecule has 0 fully saturated rings. The maximum Gasteiger partial charge on any atom is 0.182 e. The Labute approximate surface area is 133 Å². The number of hydrogen-bond donors (Lipinski definition) is 1. The van der Waals surface area contributed by atoms with Crippen LogP contribution >= 0.6 is 39.9 Å². The number of benzene rings is 2. The van der Waals surface area contributed by atoms with Crippen molar-refractivity contribution in [3.63, 3.8) is 0 Å². The molecular weight excluding hydrogens is 359 g/mol. The summed E-state index contributed by atoms with van der Waals surface area (Å²) in [5.41, 5.74) is 2.49. The third-order valence-corrected chi connectivity index (χ3v) is 4.73. The Bertz CT molecular complexity index is 854. The molecule has 102 valence electrons. The lowest BCUT2D eigenvalue weighted by Crippen LogP contribution is -1.96. The molecule has 0 unspecified atom stereocenters. The fraction of sp³-hybridized carbons (Fsp3) is 0.0714. The van der Waals surface area contributed by atoms with Crippen molar-refractivity contribution in [1.29, 1.82) is 0 Å². The second-order valence-corrected chi connectivity index (χ2v) is 6.31. The number of aromatic amines is 1. The van der Waals surface area contributed by atoms with Crippen LogP contribution in [0.3, 0.4) is 0 Å². The maximum absolute atomic E-state index is 13.8. The van der Waals surface area contributed by atoms with Crippen LogP contribution in [0.4, 0.5) is 4.39 Å². The topological polar surface area (TPSA) is 20.7 Å². The van der Waals surface area contributed by atoms with Gasteiger partial charge in [0.1, 0.15) is 5.82 Å². The lowest BCUT2D eigenvalue weighted by molar-refractivity contribution is 0.622. The monoisotopic (exact) mass is 368 g/mol. The first-order chi connectivity index (χ1) is 9.61. The summed E-state index contributed by atoms with van der Waals surface area (Å²) < 4.78 is 16.7. The predicted molar refractivity (Wildman–Crippen MR) is 87.9 cm³/mol. The smallest absolute Gasteiger partial charge is 0.182 e. The van der Waals surface area contributed by atoms with Gasteiger partial charge in [-0.15, -0.1) is 11.8 Å². The Morgan fingerprint density at radius 3 is 2.80 bits per heavy atom. The number of para-hydroxylation sites is 1. The predicted octanol–water partition coefficient (Wildman–Crippen LogP) is 5.31. The van der Waals surface area contributed by atoms with E-state index in [9.17, 15) is 4.39 Å². The Morgan fingerprint density at radius 2 is 2.05 bits per heavy atom. The number of aromatic nitrogens is 2. The molecule has 0 aliphatic carbocycles. The van der Waals surface area contributed by atoms with Crippen LogP contribution in [0.1, 0.15) is 0 Å². The van der Waals surface area contributed by atoms with Gasteiger partial charge in [-0.3, -0.25) is 4.57 Å². The highest BCUT2D eigenvalue weighted by Crippen LogP contribution is 2.29. The van der Waals surface area contributed by atoms with Crippen LogP contribution < -0.4 is 0 Å². The summed E-state index contributed by atoms with van der Waals surface area (Å²) in [6, 6.07) is 11.1. The standard InChI is InChI=1S/C14H10BrFN2S2/c1-20-13-5-3-2-4-11(13)18-12-7-9(16)8(15)6-10(12)17-14(18)19/h2-7H,1H3,(H,17,19). The van der Waals surface area contributed by atoms with Crippen LogP contribution in [0, 0.1) is 10.6 Å². The first kappa shape index (κ1) is 13.9. The molecule has 1 aromatic heterocycles. The van der Waals surface area contributed by atoms with Crippen LogP contribution in [0.2, 0.25) is 0 Å². The van der Waals surface area contributed by atoms with E-state index >= 15 is 0 Å². The molecule has 20 heavy (non-hydrogen) atoms. The number of rotatable bonds is 2. The minimum atomic E-state index is -0.304. The molecule has 0 saturated carbocycles. The zero-order chi connectivity index (χ0) is 14.3. The van der Waals surface area contributed by atoms with Crippen LogP contribution in [0.15, 0.2) is 45.8 Å². The number of hydrogen-bond acceptors (Lipinski definition) is 2. The van der Waals surface area contributed by atoms with E-state index in [4.69, 9.17) is 12.2 Å². The van der Waals surface area contributed by atoms with E-state index in [-0.39, 0.29) is 5.82 Å². The zero-order valence-corrected chi connectivity index (χ0v) is 13.7. The minimum Gasteiger partial charge on any atom is -0.330 e. The van der Waals surface area contributed by atoms with Crippen LogP contribution in [-0.2, 0) is 0 Å². The summed E-state index contributed by atoms with van der Waals surface area (Å²) in [6.45, 7) is 0. The van der Waals surface area contributed by atoms with Gasteiger partial charge in [-0.05, 0) is 52.6 Å². The average molecular weight is 369 g/mol. The van der Waals surface area contributed by atoms with Crippen molar-refractivity contribution in [3.8, 4) is 5.69 Å². The molecule has 0 aliphatic heterocycles. The lowest BCUT2D eigenvalue weighted by atomic mass is 10.2. The Hall–Kier alpha value is -1.11. The van der Waals surface area contributed by atoms with Crippen molar-refractivity contribution in [1.82, 2.24) is 9.55 Å². The summed E-state index contributed by atoms with van der Waals surface area (Å²) in [7, 11) is 0. The molecule has 0 amide bonds. The molecule has 0 radical (unpaired) electrons. The fourth-order valence-electron chi connectivity index (χ4n) is 2.16. The first-order valence-electron chi connectivity index (χ1n) is 5.85. The van der Waals surface area contributed by atoms with E-state index < -0.39 is 0 Å². The van der Waals surface area contributed by atoms with E-state index in [0.29, 0.717) is 9.24 Å². The van der Waals surface area contributed by atoms with Crippen molar-refractivity contribution < 1.29 is 4.39 Å². The maximum atomic E-state index is 13.8. The van der Waals surface area contributed by atoms with E-state index in [1.165, 1.54) is 6.07 Å². The molecular formula is C14H10BrFN2S2. The highest BCUT2D eigenvalue weighted by atomic mass is 79.9. The van der Waals surface area contributed by atoms with E-state index in [1.54, 1.807) is 17.8 Å². The second kappa shape index (κ2) is 5.35. The number of thioether (sulfide) groups is 1. The number of H-pyrrole nitrogens is 1. The Morgan fingerprint density at radius 1 is 1.30 bits per heavy atom. The Kier molecular flexibility index (Phi) is 3.70. The third kappa shape index (κ3) is 2.21. The van der Waals surface area contributed by atoms with Gasteiger partial charge < -0.3 is 4.98 Å². The summed E-state index contributed by atoms with van der Waals surface area (Å²) in [5.74, 6) is -0.304. The van der Waals surface area contributed by atoms with Gasteiger partial charge in [0.15, 0.2) is 4.77 Å². The highest BCUT2D eigenvalue weighted by molar-refractivity contribution is 9.10. The molecule has 6 heteroatoms. The summed E-state index contributed by atoms with van der Waals surface area (Å²) in [6.07, 6.45) is 2.01. The van der Waals surface area contributed by atoms with E-state index in [1.807, 2.05) is 35.1 Å². The van der Waals surface area contributed by atoms with Crippen LogP contribution in [0.25, 0.3) is 16.7 Å². The molecule has 0 atom stereocenters. The van der Waals surface area contributed by atoms with Crippen molar-refractivity contribution in [3.05, 3.63) is 51.5 Å². The highest BCUT2D eigenvalue weighted by Gasteiger charge is 2.12. The molecule has 0 bridgehead atoms. The van der Waals surface area contributed by atoms with Crippen molar-refractivity contribution in [2.75, 3.05) is 6.26 Å². The van der Waals surface area contributed by atoms with Gasteiger partial charge in [-0.1, -0.05) is 12.1 Å². The van der Waals surface area contributed by atoms with Crippen molar-refractivity contribution in [2.45, 2.75) is 4.90 Å². The molecule has 1 N–H and O–H groups in total. The SMILES string of the molecule is CSc1ccccc1-n1c(=S)[nH]c2cc(Br)c(F)cc21. The molecule has 1 heterocycles. The molecule has 3 rings (SSSR count). The minimum absolute atomic E-state index is 0.304. The number of imidazole rings is 1. The molecule has 2 nitrogen and oxygen atoms in total. The summed E-state index contributed by atoms with van der Waals surface area (Å²) >= 11 is 10.2. The van der Waals surface area contributed by atoms with Gasteiger partial charge in [0.05, 0.1) is 21.2 Å². The quantitative estimate of drug-likeness (QED) is 0.488. The van der Waals surface area contributed by atoms with Gasteiger partial charge in [-0.2, -0.15) is 0 Å². The third-order valence-electron chi connectivity index (χ3n) is 3.05. The van der Waals surface area contributed by atoms with Gasteiger partial charge in [0.25, 0.3) is 0 Å². The molecule has 2 aromatic carbocycles. The van der Waals surface area contributed by atoms with Gasteiger partial charge in [0, 0.05) is 11.0 Å². The van der Waals surface area contributed by atoms with Crippen molar-refractivity contribution >= 4 is 50.9 Å². The van der Waals surface area contributed by atoms with E-state index in [0.717, 1.165) is 21.6 Å². The normalized spacial score (nSPS) is 11.2. The molecule has 0 saturated heterocycles. The van der Waals surface area contributed by atoms with E-state index in [2.05, 4.69) is 20.9 Å². The van der Waals surface area contributed by atoms with Crippen LogP contribution in [0.5, 0.6) is 0 Å². The van der Waals surface area contributed by atoms with Crippen molar-refractivity contribution in [2.24, 2.45) is 0 Å². The van der Waals surface area contributed by atoms with Crippen LogP contribution in [-0.4, -0.2) is 15.8 Å². The fourth-order valence-corrected chi connectivity index (χ4v) is 3.39. The number of nitrogens with one attached hydrogen (secondary N) is 1. The molecule has 0 aliphatic rings. The van der Waals surface area contributed by atoms with Gasteiger partial charge in [-0.25, -0.2) is 4.39 Å².